The van der Waals surface area contributed by atoms with Gasteiger partial charge in [0, 0.05) is 12.2 Å². The van der Waals surface area contributed by atoms with Crippen LogP contribution >= 0.6 is 0 Å². The van der Waals surface area contributed by atoms with Crippen LogP contribution in [0.25, 0.3) is 0 Å². The van der Waals surface area contributed by atoms with E-state index in [1.54, 1.807) is 30.3 Å². The van der Waals surface area contributed by atoms with Gasteiger partial charge in [0.15, 0.2) is 18.1 Å². The Balaban J connectivity index is 1.70. The number of anilines is 1. The van der Waals surface area contributed by atoms with E-state index < -0.39 is 0 Å². The number of ether oxygens (including phenoxy) is 2. The van der Waals surface area contributed by atoms with Crippen LogP contribution in [0.4, 0.5) is 5.82 Å². The maximum Gasteiger partial charge on any atom is 0.266 e. The fraction of sp³-hybridized carbons (Fsp3) is 0.294. The molecule has 0 bridgehead atoms. The van der Waals surface area contributed by atoms with Gasteiger partial charge in [-0.05, 0) is 37.1 Å². The number of benzene rings is 1. The average molecular weight is 298 g/mol. The summed E-state index contributed by atoms with van der Waals surface area (Å²) < 4.78 is 10.8. The van der Waals surface area contributed by atoms with Gasteiger partial charge in [-0.1, -0.05) is 18.2 Å². The highest BCUT2D eigenvalue weighted by molar-refractivity contribution is 5.94. The Morgan fingerprint density at radius 2 is 1.91 bits per heavy atom. The third-order valence-corrected chi connectivity index (χ3v) is 3.50. The van der Waals surface area contributed by atoms with Crippen molar-refractivity contribution in [1.29, 1.82) is 0 Å². The van der Waals surface area contributed by atoms with E-state index in [9.17, 15) is 4.79 Å². The highest BCUT2D eigenvalue weighted by Crippen LogP contribution is 2.31. The summed E-state index contributed by atoms with van der Waals surface area (Å²) in [4.78, 5) is 18.5. The van der Waals surface area contributed by atoms with E-state index in [2.05, 4.69) is 4.98 Å². The fourth-order valence-corrected chi connectivity index (χ4v) is 2.29. The van der Waals surface area contributed by atoms with Crippen LogP contribution in [0, 0.1) is 0 Å². The maximum atomic E-state index is 12.5. The van der Waals surface area contributed by atoms with Crippen molar-refractivity contribution in [1.82, 2.24) is 4.98 Å². The van der Waals surface area contributed by atoms with Crippen molar-refractivity contribution < 1.29 is 14.3 Å². The van der Waals surface area contributed by atoms with Crippen LogP contribution in [0.3, 0.4) is 0 Å². The molecule has 114 valence electrons. The number of carbonyl (C=O) groups is 1. The minimum absolute atomic E-state index is 0.0343. The predicted molar refractivity (Wildman–Crippen MR) is 83.2 cm³/mol. The molecule has 1 saturated carbocycles. The van der Waals surface area contributed by atoms with Crippen molar-refractivity contribution in [2.75, 3.05) is 18.6 Å². The molecule has 1 aromatic carbocycles. The smallest absolute Gasteiger partial charge is 0.266 e. The summed E-state index contributed by atoms with van der Waals surface area (Å²) in [6, 6.07) is 13.1. The molecule has 0 atom stereocenters. The molecule has 1 aliphatic carbocycles. The fourth-order valence-electron chi connectivity index (χ4n) is 2.29. The standard InChI is InChI=1S/C17H18N2O3/c1-21-14-6-2-3-7-15(14)22-12-17(20)19(13-9-10-13)16-8-4-5-11-18-16/h2-8,11,13H,9-10,12H2,1H3. The Hall–Kier alpha value is -2.56. The molecule has 0 unspecified atom stereocenters. The summed E-state index contributed by atoms with van der Waals surface area (Å²) in [7, 11) is 1.58. The number of aromatic nitrogens is 1. The maximum absolute atomic E-state index is 12.5. The predicted octanol–water partition coefficient (Wildman–Crippen LogP) is 2.66. The summed E-state index contributed by atoms with van der Waals surface area (Å²) >= 11 is 0. The Kier molecular flexibility index (Phi) is 4.23. The Bertz CT molecular complexity index is 641. The number of amides is 1. The van der Waals surface area contributed by atoms with Gasteiger partial charge in [0.05, 0.1) is 7.11 Å². The lowest BCUT2D eigenvalue weighted by Crippen LogP contribution is -2.37. The van der Waals surface area contributed by atoms with Crippen LogP contribution in [0.15, 0.2) is 48.7 Å². The van der Waals surface area contributed by atoms with Gasteiger partial charge in [-0.25, -0.2) is 4.98 Å². The van der Waals surface area contributed by atoms with Crippen molar-refractivity contribution in [3.05, 3.63) is 48.7 Å². The number of methoxy groups -OCH3 is 1. The van der Waals surface area contributed by atoms with Gasteiger partial charge < -0.3 is 9.47 Å². The van der Waals surface area contributed by atoms with Crippen molar-refractivity contribution >= 4 is 11.7 Å². The number of rotatable bonds is 6. The molecule has 2 aromatic rings. The van der Waals surface area contributed by atoms with Crippen molar-refractivity contribution in [2.45, 2.75) is 18.9 Å². The van der Waals surface area contributed by atoms with Crippen LogP contribution in [0.2, 0.25) is 0 Å². The second-order valence-electron chi connectivity index (χ2n) is 5.12. The molecule has 1 aromatic heterocycles. The first-order valence-corrected chi connectivity index (χ1v) is 7.28. The van der Waals surface area contributed by atoms with Gasteiger partial charge in [0.2, 0.25) is 0 Å². The molecule has 0 saturated heterocycles. The Morgan fingerprint density at radius 1 is 1.18 bits per heavy atom. The molecule has 3 rings (SSSR count). The molecule has 0 radical (unpaired) electrons. The van der Waals surface area contributed by atoms with Gasteiger partial charge in [0.25, 0.3) is 5.91 Å². The Labute approximate surface area is 129 Å². The number of hydrogen-bond donors (Lipinski definition) is 0. The van der Waals surface area contributed by atoms with Gasteiger partial charge in [0.1, 0.15) is 5.82 Å². The monoisotopic (exact) mass is 298 g/mol. The lowest BCUT2D eigenvalue weighted by atomic mass is 10.3. The van der Waals surface area contributed by atoms with Crippen LogP contribution in [0.5, 0.6) is 11.5 Å². The van der Waals surface area contributed by atoms with Crippen LogP contribution in [-0.2, 0) is 4.79 Å². The molecule has 1 amide bonds. The van der Waals surface area contributed by atoms with E-state index in [1.165, 1.54) is 0 Å². The van der Waals surface area contributed by atoms with Crippen molar-refractivity contribution in [2.24, 2.45) is 0 Å². The molecule has 1 fully saturated rings. The normalized spacial score (nSPS) is 13.5. The number of hydrogen-bond acceptors (Lipinski definition) is 4. The SMILES string of the molecule is COc1ccccc1OCC(=O)N(c1ccccn1)C1CC1. The molecule has 5 nitrogen and oxygen atoms in total. The zero-order chi connectivity index (χ0) is 15.4. The van der Waals surface area contributed by atoms with Crippen LogP contribution < -0.4 is 14.4 Å². The van der Waals surface area contributed by atoms with E-state index >= 15 is 0 Å². The van der Waals surface area contributed by atoms with E-state index in [-0.39, 0.29) is 18.6 Å². The van der Waals surface area contributed by atoms with Gasteiger partial charge in [-0.2, -0.15) is 0 Å². The average Bonchev–Trinajstić information content (AvgIpc) is 3.39. The quantitative estimate of drug-likeness (QED) is 0.822. The topological polar surface area (TPSA) is 51.7 Å². The third kappa shape index (κ3) is 3.19. The highest BCUT2D eigenvalue weighted by atomic mass is 16.5. The number of para-hydroxylation sites is 2. The molecule has 0 N–H and O–H groups in total. The van der Waals surface area contributed by atoms with E-state index in [0.29, 0.717) is 17.3 Å². The second-order valence-corrected chi connectivity index (χ2v) is 5.12. The van der Waals surface area contributed by atoms with Crippen molar-refractivity contribution in [3.63, 3.8) is 0 Å². The largest absolute Gasteiger partial charge is 0.493 e. The summed E-state index contributed by atoms with van der Waals surface area (Å²) in [5.74, 6) is 1.77. The summed E-state index contributed by atoms with van der Waals surface area (Å²) in [6.45, 7) is -0.0343. The van der Waals surface area contributed by atoms with Crippen LogP contribution in [0.1, 0.15) is 12.8 Å². The molecule has 5 heteroatoms. The lowest BCUT2D eigenvalue weighted by molar-refractivity contribution is -0.120. The number of carbonyl (C=O) groups excluding carboxylic acids is 1. The molecule has 1 heterocycles. The first-order valence-electron chi connectivity index (χ1n) is 7.28. The second kappa shape index (κ2) is 6.47. The first-order chi connectivity index (χ1) is 10.8. The molecule has 1 aliphatic rings. The summed E-state index contributed by atoms with van der Waals surface area (Å²) in [5, 5.41) is 0. The molecular formula is C17H18N2O3. The minimum Gasteiger partial charge on any atom is -0.493 e. The third-order valence-electron chi connectivity index (χ3n) is 3.50. The van der Waals surface area contributed by atoms with E-state index in [0.717, 1.165) is 12.8 Å². The zero-order valence-corrected chi connectivity index (χ0v) is 12.4. The lowest BCUT2D eigenvalue weighted by Gasteiger charge is -2.21. The molecule has 0 spiro atoms. The van der Waals surface area contributed by atoms with Gasteiger partial charge >= 0.3 is 0 Å². The highest BCUT2D eigenvalue weighted by Gasteiger charge is 2.34. The molecule has 0 aliphatic heterocycles. The molecular weight excluding hydrogens is 280 g/mol. The number of nitrogens with zero attached hydrogens (tertiary/aromatic N) is 2. The molecule has 22 heavy (non-hydrogen) atoms. The number of pyridine rings is 1. The van der Waals surface area contributed by atoms with Crippen molar-refractivity contribution in [3.8, 4) is 11.5 Å². The van der Waals surface area contributed by atoms with E-state index in [1.807, 2.05) is 30.3 Å². The van der Waals surface area contributed by atoms with E-state index in [4.69, 9.17) is 9.47 Å². The zero-order valence-electron chi connectivity index (χ0n) is 12.4. The van der Waals surface area contributed by atoms with Gasteiger partial charge in [-0.3, -0.25) is 9.69 Å². The summed E-state index contributed by atoms with van der Waals surface area (Å²) in [6.07, 6.45) is 3.72. The Morgan fingerprint density at radius 3 is 2.55 bits per heavy atom. The minimum atomic E-state index is -0.0906. The summed E-state index contributed by atoms with van der Waals surface area (Å²) in [5.41, 5.74) is 0. The first kappa shape index (κ1) is 14.4. The van der Waals surface area contributed by atoms with Crippen LogP contribution in [-0.4, -0.2) is 30.6 Å². The van der Waals surface area contributed by atoms with Gasteiger partial charge in [-0.15, -0.1) is 0 Å².